The number of carbonyl (C=O) groups excluding carboxylic acids is 1. The number of aliphatic hydroxyl groups excluding tert-OH is 1. The first-order valence-electron chi connectivity index (χ1n) is 9.98. The second-order valence-corrected chi connectivity index (χ2v) is 8.06. The van der Waals surface area contributed by atoms with Crippen molar-refractivity contribution in [3.63, 3.8) is 0 Å². The number of hydrogen-bond acceptors (Lipinski definition) is 3. The lowest BCUT2D eigenvalue weighted by Crippen LogP contribution is -2.27. The second-order valence-electron chi connectivity index (χ2n) is 7.65. The van der Waals surface area contributed by atoms with Crippen LogP contribution in [-0.4, -0.2) is 35.3 Å². The molecule has 1 atom stereocenters. The highest BCUT2D eigenvalue weighted by atomic mass is 35.5. The molecule has 0 spiro atoms. The largest absolute Gasteiger partial charge is 0.390 e. The second kappa shape index (κ2) is 9.58. The number of rotatable bonds is 7. The summed E-state index contributed by atoms with van der Waals surface area (Å²) >= 11 is 6.43. The van der Waals surface area contributed by atoms with Crippen LogP contribution < -0.4 is 10.6 Å². The molecule has 0 bridgehead atoms. The van der Waals surface area contributed by atoms with E-state index in [4.69, 9.17) is 11.6 Å². The number of fused-ring (bicyclic) bond motifs is 1. The molecule has 2 aromatic rings. The van der Waals surface area contributed by atoms with E-state index in [2.05, 4.69) is 10.6 Å². The molecule has 0 saturated heterocycles. The monoisotopic (exact) mass is 391 g/mol. The van der Waals surface area contributed by atoms with Crippen LogP contribution in [0.15, 0.2) is 24.4 Å². The van der Waals surface area contributed by atoms with Crippen LogP contribution in [0.4, 0.5) is 5.69 Å². The summed E-state index contributed by atoms with van der Waals surface area (Å²) in [6.07, 6.45) is 9.27. The van der Waals surface area contributed by atoms with Crippen molar-refractivity contribution in [3.05, 3.63) is 29.4 Å². The van der Waals surface area contributed by atoms with Crippen molar-refractivity contribution < 1.29 is 9.90 Å². The van der Waals surface area contributed by atoms with Gasteiger partial charge in [-0.3, -0.25) is 4.79 Å². The number of anilines is 1. The number of carbonyl (C=O) groups is 1. The average Bonchev–Trinajstić information content (AvgIpc) is 2.80. The molecule has 3 rings (SSSR count). The van der Waals surface area contributed by atoms with Gasteiger partial charge in [0.1, 0.15) is 0 Å². The van der Waals surface area contributed by atoms with Crippen molar-refractivity contribution in [2.75, 3.05) is 18.9 Å². The Morgan fingerprint density at radius 3 is 2.74 bits per heavy atom. The van der Waals surface area contributed by atoms with Crippen molar-refractivity contribution in [1.82, 2.24) is 9.88 Å². The van der Waals surface area contributed by atoms with Crippen molar-refractivity contribution in [3.8, 4) is 0 Å². The molecular formula is C21H30ClN3O2. The first-order chi connectivity index (χ1) is 13.1. The van der Waals surface area contributed by atoms with Crippen LogP contribution in [0, 0.1) is 5.92 Å². The van der Waals surface area contributed by atoms with Gasteiger partial charge in [0.15, 0.2) is 0 Å². The number of nitrogens with one attached hydrogen (secondary N) is 2. The molecule has 148 valence electrons. The van der Waals surface area contributed by atoms with E-state index in [1.807, 2.05) is 36.0 Å². The molecule has 1 unspecified atom stereocenters. The zero-order chi connectivity index (χ0) is 19.2. The zero-order valence-corrected chi connectivity index (χ0v) is 16.8. The van der Waals surface area contributed by atoms with E-state index in [1.165, 1.54) is 25.7 Å². The molecule has 0 aliphatic heterocycles. The fraction of sp³-hybridized carbons (Fsp3) is 0.571. The first-order valence-corrected chi connectivity index (χ1v) is 10.4. The number of likely N-dealkylation sites (N-methyl/N-ethyl adjacent to an activating group) is 1. The minimum atomic E-state index is -0.515. The van der Waals surface area contributed by atoms with Crippen molar-refractivity contribution in [1.29, 1.82) is 0 Å². The highest BCUT2D eigenvalue weighted by molar-refractivity contribution is 6.36. The maximum atomic E-state index is 12.7. The Morgan fingerprint density at radius 1 is 1.30 bits per heavy atom. The van der Waals surface area contributed by atoms with E-state index in [1.54, 1.807) is 0 Å². The van der Waals surface area contributed by atoms with E-state index in [-0.39, 0.29) is 5.91 Å². The van der Waals surface area contributed by atoms with Crippen molar-refractivity contribution in [2.45, 2.75) is 57.6 Å². The summed E-state index contributed by atoms with van der Waals surface area (Å²) in [5, 5.41) is 17.7. The molecule has 0 radical (unpaired) electrons. The number of hydrogen-bond donors (Lipinski definition) is 3. The quantitative estimate of drug-likeness (QED) is 0.620. The minimum Gasteiger partial charge on any atom is -0.390 e. The predicted octanol–water partition coefficient (Wildman–Crippen LogP) is 4.17. The zero-order valence-electron chi connectivity index (χ0n) is 16.0. The summed E-state index contributed by atoms with van der Waals surface area (Å²) in [6.45, 7) is 0.944. The van der Waals surface area contributed by atoms with Crippen LogP contribution in [-0.2, 0) is 11.3 Å². The summed E-state index contributed by atoms with van der Waals surface area (Å²) in [5.74, 6) is 0.533. The normalized spacial score (nSPS) is 17.0. The molecule has 6 heteroatoms. The molecule has 1 aliphatic carbocycles. The standard InChI is InChI=1S/C21H30ClN3O2/c1-23-12-16(26)13-25-14-18(21-17(22)9-6-10-19(21)25)24-20(27)11-15-7-4-2-3-5-8-15/h6,9-10,14-16,23,26H,2-5,7-8,11-13H2,1H3,(H,24,27). The summed E-state index contributed by atoms with van der Waals surface area (Å²) in [7, 11) is 1.81. The van der Waals surface area contributed by atoms with Gasteiger partial charge in [0, 0.05) is 31.1 Å². The van der Waals surface area contributed by atoms with Gasteiger partial charge in [0.2, 0.25) is 5.91 Å². The lowest BCUT2D eigenvalue weighted by Gasteiger charge is -2.13. The third-order valence-electron chi connectivity index (χ3n) is 5.43. The number of halogens is 1. The van der Waals surface area contributed by atoms with Crippen LogP contribution in [0.2, 0.25) is 5.02 Å². The Labute approximate surface area is 166 Å². The Balaban J connectivity index is 1.77. The van der Waals surface area contributed by atoms with Gasteiger partial charge in [-0.05, 0) is 37.9 Å². The lowest BCUT2D eigenvalue weighted by molar-refractivity contribution is -0.117. The summed E-state index contributed by atoms with van der Waals surface area (Å²) in [6, 6.07) is 5.69. The number of amides is 1. The van der Waals surface area contributed by atoms with Crippen molar-refractivity contribution in [2.24, 2.45) is 5.92 Å². The summed E-state index contributed by atoms with van der Waals surface area (Å²) < 4.78 is 1.96. The van der Waals surface area contributed by atoms with Crippen molar-refractivity contribution >= 4 is 34.1 Å². The van der Waals surface area contributed by atoms with Gasteiger partial charge >= 0.3 is 0 Å². The molecule has 1 fully saturated rings. The Hall–Kier alpha value is -1.56. The third kappa shape index (κ3) is 5.24. The van der Waals surface area contributed by atoms with E-state index in [0.29, 0.717) is 30.5 Å². The van der Waals surface area contributed by atoms with Gasteiger partial charge in [-0.1, -0.05) is 43.4 Å². The van der Waals surface area contributed by atoms with Gasteiger partial charge < -0.3 is 20.3 Å². The average molecular weight is 392 g/mol. The molecule has 3 N–H and O–H groups in total. The first kappa shape index (κ1) is 20.2. The van der Waals surface area contributed by atoms with E-state index in [9.17, 15) is 9.90 Å². The molecule has 1 aromatic carbocycles. The van der Waals surface area contributed by atoms with Gasteiger partial charge in [0.05, 0.1) is 22.3 Å². The lowest BCUT2D eigenvalue weighted by atomic mass is 9.96. The highest BCUT2D eigenvalue weighted by Gasteiger charge is 2.19. The highest BCUT2D eigenvalue weighted by Crippen LogP contribution is 2.33. The smallest absolute Gasteiger partial charge is 0.224 e. The fourth-order valence-corrected chi connectivity index (χ4v) is 4.38. The Bertz CT molecular complexity index is 766. The summed E-state index contributed by atoms with van der Waals surface area (Å²) in [5.41, 5.74) is 1.65. The number of nitrogens with zero attached hydrogens (tertiary/aromatic N) is 1. The van der Waals surface area contributed by atoms with E-state index >= 15 is 0 Å². The van der Waals surface area contributed by atoms with Gasteiger partial charge in [-0.2, -0.15) is 0 Å². The number of aliphatic hydroxyl groups is 1. The van der Waals surface area contributed by atoms with Gasteiger partial charge in [0.25, 0.3) is 0 Å². The predicted molar refractivity (Wildman–Crippen MR) is 111 cm³/mol. The van der Waals surface area contributed by atoms with E-state index < -0.39 is 6.10 Å². The van der Waals surface area contributed by atoms with Gasteiger partial charge in [-0.15, -0.1) is 0 Å². The molecular weight excluding hydrogens is 362 g/mol. The molecule has 1 aliphatic rings. The summed E-state index contributed by atoms with van der Waals surface area (Å²) in [4.78, 5) is 12.7. The molecule has 1 aromatic heterocycles. The number of aromatic nitrogens is 1. The van der Waals surface area contributed by atoms with Gasteiger partial charge in [-0.25, -0.2) is 0 Å². The molecule has 1 amide bonds. The number of benzene rings is 1. The SMILES string of the molecule is CNCC(O)Cn1cc(NC(=O)CC2CCCCCC2)c2c(Cl)cccc21. The maximum Gasteiger partial charge on any atom is 0.224 e. The molecule has 5 nitrogen and oxygen atoms in total. The van der Waals surface area contributed by atoms with Crippen LogP contribution in [0.5, 0.6) is 0 Å². The Kier molecular flexibility index (Phi) is 7.16. The molecule has 27 heavy (non-hydrogen) atoms. The van der Waals surface area contributed by atoms with Crippen LogP contribution >= 0.6 is 11.6 Å². The molecule has 1 saturated carbocycles. The topological polar surface area (TPSA) is 66.3 Å². The molecule has 1 heterocycles. The van der Waals surface area contributed by atoms with Crippen LogP contribution in [0.25, 0.3) is 10.9 Å². The Morgan fingerprint density at radius 2 is 2.04 bits per heavy atom. The minimum absolute atomic E-state index is 0.0524. The fourth-order valence-electron chi connectivity index (χ4n) is 4.11. The van der Waals surface area contributed by atoms with E-state index in [0.717, 1.165) is 29.4 Å². The van der Waals surface area contributed by atoms with Crippen LogP contribution in [0.1, 0.15) is 44.9 Å². The van der Waals surface area contributed by atoms with Crippen LogP contribution in [0.3, 0.4) is 0 Å². The third-order valence-corrected chi connectivity index (χ3v) is 5.74. The maximum absolute atomic E-state index is 12.7.